The first-order chi connectivity index (χ1) is 7.61. The maximum absolute atomic E-state index is 6.17. The van der Waals surface area contributed by atoms with Crippen LogP contribution >= 0.6 is 45.9 Å². The summed E-state index contributed by atoms with van der Waals surface area (Å²) in [6.07, 6.45) is 0. The van der Waals surface area contributed by atoms with Gasteiger partial charge in [0.25, 0.3) is 0 Å². The van der Waals surface area contributed by atoms with Crippen LogP contribution in [0, 0.1) is 6.92 Å². The highest BCUT2D eigenvalue weighted by Gasteiger charge is 2.19. The second kappa shape index (κ2) is 5.07. The first-order valence-corrected chi connectivity index (χ1v) is 7.19. The monoisotopic (exact) mass is 291 g/mol. The Bertz CT molecular complexity index is 490. The van der Waals surface area contributed by atoms with E-state index in [1.165, 1.54) is 21.1 Å². The summed E-state index contributed by atoms with van der Waals surface area (Å²) in [5, 5.41) is 3.28. The SMILES string of the molecule is CNC(c1ccc(C)s1)c1cc(Cl)sc1Cl. The third-order valence-electron chi connectivity index (χ3n) is 2.33. The molecule has 1 atom stereocenters. The summed E-state index contributed by atoms with van der Waals surface area (Å²) in [6, 6.07) is 6.31. The van der Waals surface area contributed by atoms with Gasteiger partial charge in [0, 0.05) is 15.3 Å². The zero-order valence-electron chi connectivity index (χ0n) is 8.88. The third kappa shape index (κ3) is 2.44. The first-order valence-electron chi connectivity index (χ1n) is 4.80. The molecule has 16 heavy (non-hydrogen) atoms. The van der Waals surface area contributed by atoms with Gasteiger partial charge in [-0.2, -0.15) is 0 Å². The van der Waals surface area contributed by atoms with Crippen molar-refractivity contribution < 1.29 is 0 Å². The Morgan fingerprint density at radius 1 is 1.25 bits per heavy atom. The second-order valence-corrected chi connectivity index (χ2v) is 7.05. The van der Waals surface area contributed by atoms with E-state index >= 15 is 0 Å². The molecule has 1 unspecified atom stereocenters. The largest absolute Gasteiger partial charge is 0.309 e. The van der Waals surface area contributed by atoms with E-state index < -0.39 is 0 Å². The van der Waals surface area contributed by atoms with Gasteiger partial charge >= 0.3 is 0 Å². The van der Waals surface area contributed by atoms with Crippen LogP contribution in [0.5, 0.6) is 0 Å². The van der Waals surface area contributed by atoms with Crippen molar-refractivity contribution in [1.29, 1.82) is 0 Å². The number of rotatable bonds is 3. The predicted octanol–water partition coefficient (Wildman–Crippen LogP) is 4.73. The molecule has 0 saturated heterocycles. The number of hydrogen-bond acceptors (Lipinski definition) is 3. The van der Waals surface area contributed by atoms with E-state index in [1.54, 1.807) is 11.3 Å². The Hall–Kier alpha value is -0.0600. The van der Waals surface area contributed by atoms with E-state index in [-0.39, 0.29) is 6.04 Å². The van der Waals surface area contributed by atoms with Gasteiger partial charge in [0.05, 0.1) is 14.7 Å². The molecule has 0 aliphatic rings. The maximum Gasteiger partial charge on any atom is 0.0995 e. The van der Waals surface area contributed by atoms with Crippen LogP contribution in [-0.4, -0.2) is 7.05 Å². The normalized spacial score (nSPS) is 13.0. The first kappa shape index (κ1) is 12.4. The highest BCUT2D eigenvalue weighted by molar-refractivity contribution is 7.20. The molecule has 86 valence electrons. The maximum atomic E-state index is 6.17. The Labute approximate surface area is 113 Å². The summed E-state index contributed by atoms with van der Waals surface area (Å²) >= 11 is 15.3. The highest BCUT2D eigenvalue weighted by atomic mass is 35.5. The number of nitrogens with one attached hydrogen (secondary N) is 1. The third-order valence-corrected chi connectivity index (χ3v) is 4.91. The Morgan fingerprint density at radius 3 is 2.44 bits per heavy atom. The van der Waals surface area contributed by atoms with Crippen LogP contribution in [0.25, 0.3) is 0 Å². The van der Waals surface area contributed by atoms with E-state index in [4.69, 9.17) is 23.2 Å². The highest BCUT2D eigenvalue weighted by Crippen LogP contribution is 2.38. The van der Waals surface area contributed by atoms with Crippen LogP contribution in [0.15, 0.2) is 18.2 Å². The lowest BCUT2D eigenvalue weighted by Crippen LogP contribution is -2.15. The van der Waals surface area contributed by atoms with Crippen LogP contribution in [-0.2, 0) is 0 Å². The topological polar surface area (TPSA) is 12.0 Å². The molecule has 0 fully saturated rings. The summed E-state index contributed by atoms with van der Waals surface area (Å²) in [5.74, 6) is 0. The number of hydrogen-bond donors (Lipinski definition) is 1. The minimum Gasteiger partial charge on any atom is -0.309 e. The lowest BCUT2D eigenvalue weighted by molar-refractivity contribution is 0.706. The van der Waals surface area contributed by atoms with Gasteiger partial charge in [-0.05, 0) is 32.2 Å². The Balaban J connectivity index is 2.40. The molecule has 5 heteroatoms. The summed E-state index contributed by atoms with van der Waals surface area (Å²) in [4.78, 5) is 2.56. The molecule has 0 spiro atoms. The average Bonchev–Trinajstić information content (AvgIpc) is 2.76. The molecule has 0 radical (unpaired) electrons. The van der Waals surface area contributed by atoms with Gasteiger partial charge < -0.3 is 5.32 Å². The van der Waals surface area contributed by atoms with Crippen molar-refractivity contribution in [3.8, 4) is 0 Å². The smallest absolute Gasteiger partial charge is 0.0995 e. The van der Waals surface area contributed by atoms with Gasteiger partial charge in [-0.3, -0.25) is 0 Å². The molecule has 0 aliphatic heterocycles. The average molecular weight is 292 g/mol. The molecule has 2 aromatic heterocycles. The molecule has 1 nitrogen and oxygen atoms in total. The summed E-state index contributed by atoms with van der Waals surface area (Å²) in [7, 11) is 1.93. The molecule has 0 aliphatic carbocycles. The van der Waals surface area contributed by atoms with Crippen LogP contribution in [0.1, 0.15) is 21.4 Å². The van der Waals surface area contributed by atoms with Crippen LogP contribution < -0.4 is 5.32 Å². The van der Waals surface area contributed by atoms with E-state index in [1.807, 2.05) is 13.1 Å². The van der Waals surface area contributed by atoms with E-state index in [9.17, 15) is 0 Å². The number of aryl methyl sites for hydroxylation is 1. The van der Waals surface area contributed by atoms with Crippen molar-refractivity contribution in [3.63, 3.8) is 0 Å². The lowest BCUT2D eigenvalue weighted by Gasteiger charge is -2.13. The van der Waals surface area contributed by atoms with Crippen LogP contribution in [0.3, 0.4) is 0 Å². The number of thiophene rings is 2. The molecular formula is C11H11Cl2NS2. The van der Waals surface area contributed by atoms with E-state index in [0.717, 1.165) is 14.2 Å². The Kier molecular flexibility index (Phi) is 3.93. The van der Waals surface area contributed by atoms with Gasteiger partial charge in [0.15, 0.2) is 0 Å². The minimum absolute atomic E-state index is 0.134. The van der Waals surface area contributed by atoms with Crippen molar-refractivity contribution in [2.45, 2.75) is 13.0 Å². The van der Waals surface area contributed by atoms with Crippen LogP contribution in [0.2, 0.25) is 8.67 Å². The molecule has 2 heterocycles. The van der Waals surface area contributed by atoms with Crippen LogP contribution in [0.4, 0.5) is 0 Å². The molecule has 0 amide bonds. The standard InChI is InChI=1S/C11H11Cl2NS2/c1-6-3-4-8(15-6)10(14-2)7-5-9(12)16-11(7)13/h3-5,10,14H,1-2H3. The molecule has 0 saturated carbocycles. The van der Waals surface area contributed by atoms with Crippen molar-refractivity contribution in [2.24, 2.45) is 0 Å². The summed E-state index contributed by atoms with van der Waals surface area (Å²) < 4.78 is 1.49. The van der Waals surface area contributed by atoms with Crippen molar-refractivity contribution in [3.05, 3.63) is 42.2 Å². The van der Waals surface area contributed by atoms with Gasteiger partial charge in [-0.15, -0.1) is 22.7 Å². The van der Waals surface area contributed by atoms with Crippen molar-refractivity contribution >= 4 is 45.9 Å². The molecule has 0 aromatic carbocycles. The summed E-state index contributed by atoms with van der Waals surface area (Å²) in [6.45, 7) is 2.10. The van der Waals surface area contributed by atoms with Gasteiger partial charge in [-0.25, -0.2) is 0 Å². The van der Waals surface area contributed by atoms with E-state index in [0.29, 0.717) is 0 Å². The summed E-state index contributed by atoms with van der Waals surface area (Å²) in [5.41, 5.74) is 1.06. The Morgan fingerprint density at radius 2 is 2.00 bits per heavy atom. The lowest BCUT2D eigenvalue weighted by atomic mass is 10.1. The molecule has 2 aromatic rings. The quantitative estimate of drug-likeness (QED) is 0.862. The van der Waals surface area contributed by atoms with Crippen molar-refractivity contribution in [1.82, 2.24) is 5.32 Å². The second-order valence-electron chi connectivity index (χ2n) is 3.45. The van der Waals surface area contributed by atoms with Gasteiger partial charge in [-0.1, -0.05) is 23.2 Å². The van der Waals surface area contributed by atoms with Gasteiger partial charge in [0.1, 0.15) is 0 Å². The van der Waals surface area contributed by atoms with Gasteiger partial charge in [0.2, 0.25) is 0 Å². The van der Waals surface area contributed by atoms with Crippen molar-refractivity contribution in [2.75, 3.05) is 7.05 Å². The molecular weight excluding hydrogens is 281 g/mol. The molecule has 0 bridgehead atoms. The zero-order valence-corrected chi connectivity index (χ0v) is 12.0. The molecule has 2 rings (SSSR count). The number of halogens is 2. The minimum atomic E-state index is 0.134. The zero-order chi connectivity index (χ0) is 11.7. The van der Waals surface area contributed by atoms with E-state index in [2.05, 4.69) is 24.4 Å². The fourth-order valence-corrected chi connectivity index (χ4v) is 4.15. The molecule has 1 N–H and O–H groups in total. The fourth-order valence-electron chi connectivity index (χ4n) is 1.61. The predicted molar refractivity (Wildman–Crippen MR) is 74.3 cm³/mol. The fraction of sp³-hybridized carbons (Fsp3) is 0.273.